The van der Waals surface area contributed by atoms with Crippen LogP contribution < -0.4 is 0 Å². The van der Waals surface area contributed by atoms with E-state index in [2.05, 4.69) is 14.9 Å². The van der Waals surface area contributed by atoms with Gasteiger partial charge in [-0.3, -0.25) is 4.90 Å². The molecule has 0 aliphatic carbocycles. The molecule has 4 heterocycles. The Morgan fingerprint density at radius 2 is 1.91 bits per heavy atom. The number of fused-ring (bicyclic) bond motifs is 5. The van der Waals surface area contributed by atoms with Gasteiger partial charge in [-0.05, 0) is 37.1 Å². The van der Waals surface area contributed by atoms with Crippen molar-refractivity contribution in [1.29, 1.82) is 0 Å². The third-order valence-electron chi connectivity index (χ3n) is 6.65. The lowest BCUT2D eigenvalue weighted by molar-refractivity contribution is -0.137. The molecule has 3 aromatic rings. The number of alkyl halides is 4. The van der Waals surface area contributed by atoms with Crippen LogP contribution in [0.2, 0.25) is 0 Å². The maximum Gasteiger partial charge on any atom is 0.416 e. The summed E-state index contributed by atoms with van der Waals surface area (Å²) in [6.07, 6.45) is -0.00810. The molecule has 9 heteroatoms. The molecule has 5 rings (SSSR count). The minimum atomic E-state index is -4.42. The van der Waals surface area contributed by atoms with Gasteiger partial charge in [0.1, 0.15) is 12.2 Å². The Labute approximate surface area is 182 Å². The summed E-state index contributed by atoms with van der Waals surface area (Å²) in [6, 6.07) is 4.77. The van der Waals surface area contributed by atoms with Gasteiger partial charge in [0.2, 0.25) is 0 Å². The number of aliphatic hydroxyl groups excluding tert-OH is 1. The highest BCUT2D eigenvalue weighted by Crippen LogP contribution is 2.41. The van der Waals surface area contributed by atoms with Crippen LogP contribution in [-0.4, -0.2) is 37.6 Å². The minimum absolute atomic E-state index is 0.146. The first-order valence-corrected chi connectivity index (χ1v) is 10.9. The molecule has 2 unspecified atom stereocenters. The molecule has 32 heavy (non-hydrogen) atoms. The van der Waals surface area contributed by atoms with E-state index in [1.807, 2.05) is 4.57 Å². The topological polar surface area (TPSA) is 54.2 Å². The average molecular weight is 448 g/mol. The lowest BCUT2D eigenvalue weighted by atomic mass is 9.90. The van der Waals surface area contributed by atoms with Gasteiger partial charge in [0.05, 0.1) is 30.1 Å². The molecule has 1 saturated heterocycles. The normalized spacial score (nSPS) is 20.2. The van der Waals surface area contributed by atoms with Crippen LogP contribution in [0.5, 0.6) is 0 Å². The number of benzene rings is 1. The molecule has 1 fully saturated rings. The van der Waals surface area contributed by atoms with Crippen molar-refractivity contribution >= 4 is 11.2 Å². The summed E-state index contributed by atoms with van der Waals surface area (Å²) in [6.45, 7) is 1.35. The van der Waals surface area contributed by atoms with Gasteiger partial charge in [0, 0.05) is 30.3 Å². The van der Waals surface area contributed by atoms with E-state index < -0.39 is 24.5 Å². The van der Waals surface area contributed by atoms with Crippen molar-refractivity contribution in [2.75, 3.05) is 13.1 Å². The van der Waals surface area contributed by atoms with Gasteiger partial charge in [-0.25, -0.2) is 14.4 Å². The molecule has 2 aliphatic heterocycles. The lowest BCUT2D eigenvalue weighted by Crippen LogP contribution is -2.39. The van der Waals surface area contributed by atoms with Crippen LogP contribution in [0.3, 0.4) is 0 Å². The van der Waals surface area contributed by atoms with Crippen molar-refractivity contribution in [3.05, 3.63) is 58.5 Å². The van der Waals surface area contributed by atoms with Gasteiger partial charge < -0.3 is 9.67 Å². The Morgan fingerprint density at radius 3 is 2.62 bits per heavy atom. The zero-order valence-electron chi connectivity index (χ0n) is 17.4. The molecule has 0 spiro atoms. The molecule has 2 aliphatic rings. The number of hydrogen-bond donors (Lipinski definition) is 1. The highest BCUT2D eigenvalue weighted by molar-refractivity contribution is 5.79. The van der Waals surface area contributed by atoms with Gasteiger partial charge in [0.15, 0.2) is 5.65 Å². The molecule has 1 aromatic carbocycles. The molecule has 1 N–H and O–H groups in total. The molecule has 2 atom stereocenters. The zero-order valence-corrected chi connectivity index (χ0v) is 17.4. The van der Waals surface area contributed by atoms with Crippen LogP contribution in [0.4, 0.5) is 17.6 Å². The number of aliphatic hydroxyl groups is 1. The smallest absolute Gasteiger partial charge is 0.387 e. The van der Waals surface area contributed by atoms with E-state index in [4.69, 9.17) is 0 Å². The number of halogens is 4. The fourth-order valence-electron chi connectivity index (χ4n) is 5.10. The first-order valence-electron chi connectivity index (χ1n) is 10.9. The summed E-state index contributed by atoms with van der Waals surface area (Å²) in [5.74, 6) is 0. The number of piperidine rings is 1. The fourth-order valence-corrected chi connectivity index (χ4v) is 5.10. The Balaban J connectivity index is 1.54. The fraction of sp³-hybridized carbons (Fsp3) is 0.478. The second kappa shape index (κ2) is 8.12. The standard InChI is InChI=1S/C23H24F4N4O/c24-11-16-12-28-22-21(29-16)20-17-3-1-2-9-30(17)10-8-18(20)31(22)13-19(32)14-4-6-15(7-5-14)23(25,26)27/h4-7,12,17,19,32H,1-3,8-11,13H2. The molecule has 0 radical (unpaired) electrons. The Morgan fingerprint density at radius 1 is 1.12 bits per heavy atom. The van der Waals surface area contributed by atoms with Crippen LogP contribution in [0.1, 0.15) is 59.5 Å². The van der Waals surface area contributed by atoms with E-state index in [0.717, 1.165) is 62.2 Å². The monoisotopic (exact) mass is 448 g/mol. The second-order valence-electron chi connectivity index (χ2n) is 8.57. The van der Waals surface area contributed by atoms with Crippen molar-refractivity contribution < 1.29 is 22.7 Å². The summed E-state index contributed by atoms with van der Waals surface area (Å²) in [5.41, 5.74) is 3.28. The third kappa shape index (κ3) is 3.67. The maximum absolute atomic E-state index is 13.3. The molecule has 0 saturated carbocycles. The van der Waals surface area contributed by atoms with Gasteiger partial charge in [-0.15, -0.1) is 0 Å². The van der Waals surface area contributed by atoms with Gasteiger partial charge >= 0.3 is 6.18 Å². The second-order valence-corrected chi connectivity index (χ2v) is 8.57. The zero-order chi connectivity index (χ0) is 22.5. The Kier molecular flexibility index (Phi) is 5.41. The molecular weight excluding hydrogens is 424 g/mol. The van der Waals surface area contributed by atoms with Crippen molar-refractivity contribution in [1.82, 2.24) is 19.4 Å². The predicted molar refractivity (Wildman–Crippen MR) is 111 cm³/mol. The van der Waals surface area contributed by atoms with Crippen LogP contribution in [0.15, 0.2) is 30.5 Å². The van der Waals surface area contributed by atoms with Crippen molar-refractivity contribution in [2.24, 2.45) is 0 Å². The van der Waals surface area contributed by atoms with E-state index in [1.54, 1.807) is 0 Å². The van der Waals surface area contributed by atoms with Crippen LogP contribution in [0, 0.1) is 0 Å². The summed E-state index contributed by atoms with van der Waals surface area (Å²) in [7, 11) is 0. The highest BCUT2D eigenvalue weighted by Gasteiger charge is 2.36. The SMILES string of the molecule is OC(Cn1c2c(c3nc(CF)cnc31)C1CCCCN1CC2)c1ccc(C(F)(F)F)cc1. The third-order valence-corrected chi connectivity index (χ3v) is 6.65. The number of aromatic nitrogens is 3. The predicted octanol–water partition coefficient (Wildman–Crippen LogP) is 4.74. The maximum atomic E-state index is 13.3. The number of nitrogens with zero attached hydrogens (tertiary/aromatic N) is 4. The number of rotatable bonds is 4. The first-order chi connectivity index (χ1) is 15.4. The average Bonchev–Trinajstić information content (AvgIpc) is 3.11. The van der Waals surface area contributed by atoms with Gasteiger partial charge in [-0.2, -0.15) is 13.2 Å². The van der Waals surface area contributed by atoms with Crippen LogP contribution in [0.25, 0.3) is 11.2 Å². The van der Waals surface area contributed by atoms with Crippen molar-refractivity contribution in [3.8, 4) is 0 Å². The first kappa shape index (κ1) is 21.3. The highest BCUT2D eigenvalue weighted by atomic mass is 19.4. The van der Waals surface area contributed by atoms with Crippen molar-refractivity contribution in [2.45, 2.75) is 57.2 Å². The largest absolute Gasteiger partial charge is 0.416 e. The molecular formula is C23H24F4N4O. The van der Waals surface area contributed by atoms with E-state index in [-0.39, 0.29) is 18.3 Å². The summed E-state index contributed by atoms with van der Waals surface area (Å²) in [4.78, 5) is 11.5. The number of hydrogen-bond acceptors (Lipinski definition) is 4. The molecule has 0 amide bonds. The summed E-state index contributed by atoms with van der Waals surface area (Å²) >= 11 is 0. The molecule has 0 bridgehead atoms. The summed E-state index contributed by atoms with van der Waals surface area (Å²) in [5, 5.41) is 10.9. The van der Waals surface area contributed by atoms with Gasteiger partial charge in [0.25, 0.3) is 0 Å². The van der Waals surface area contributed by atoms with Crippen LogP contribution in [-0.2, 0) is 25.8 Å². The van der Waals surface area contributed by atoms with E-state index in [1.165, 1.54) is 18.3 Å². The molecule has 2 aromatic heterocycles. The molecule has 170 valence electrons. The van der Waals surface area contributed by atoms with E-state index in [0.29, 0.717) is 16.7 Å². The van der Waals surface area contributed by atoms with Crippen LogP contribution >= 0.6 is 0 Å². The van der Waals surface area contributed by atoms with Crippen molar-refractivity contribution in [3.63, 3.8) is 0 Å². The quantitative estimate of drug-likeness (QED) is 0.586. The van der Waals surface area contributed by atoms with E-state index in [9.17, 15) is 22.7 Å². The summed E-state index contributed by atoms with van der Waals surface area (Å²) < 4.78 is 53.9. The lowest BCUT2D eigenvalue weighted by Gasteiger charge is -2.39. The Bertz CT molecular complexity index is 1130. The van der Waals surface area contributed by atoms with Gasteiger partial charge in [-0.1, -0.05) is 18.6 Å². The minimum Gasteiger partial charge on any atom is -0.387 e. The van der Waals surface area contributed by atoms with E-state index >= 15 is 0 Å². The molecule has 5 nitrogen and oxygen atoms in total. The Hall–Kier alpha value is -2.52.